The van der Waals surface area contributed by atoms with Crippen LogP contribution in [0.5, 0.6) is 0 Å². The Hall–Kier alpha value is -3.73. The number of rotatable bonds is 2. The van der Waals surface area contributed by atoms with Crippen molar-refractivity contribution in [1.82, 2.24) is 9.55 Å². The van der Waals surface area contributed by atoms with Gasteiger partial charge >= 0.3 is 0 Å². The third-order valence-corrected chi connectivity index (χ3v) is 7.29. The largest absolute Gasteiger partial charge is 0.347 e. The second-order valence-corrected chi connectivity index (χ2v) is 9.14. The number of carbonyl (C=O) groups is 1. The fraction of sp³-hybridized carbons (Fsp3) is 0.185. The van der Waals surface area contributed by atoms with Gasteiger partial charge in [-0.05, 0) is 60.2 Å². The summed E-state index contributed by atoms with van der Waals surface area (Å²) in [7, 11) is 2.10. The first-order valence-corrected chi connectivity index (χ1v) is 10.7. The van der Waals surface area contributed by atoms with Crippen molar-refractivity contribution in [3.8, 4) is 0 Å². The first kappa shape index (κ1) is 19.0. The van der Waals surface area contributed by atoms with Crippen molar-refractivity contribution >= 4 is 28.6 Å². The topological polar surface area (TPSA) is 38.1 Å². The Morgan fingerprint density at radius 2 is 1.75 bits per heavy atom. The molecule has 0 saturated carbocycles. The van der Waals surface area contributed by atoms with Gasteiger partial charge in [0.15, 0.2) is 5.78 Å². The molecule has 1 atom stereocenters. The van der Waals surface area contributed by atoms with Gasteiger partial charge in [0.05, 0.1) is 17.4 Å². The lowest BCUT2D eigenvalue weighted by molar-refractivity contribution is 0.103. The average Bonchev–Trinajstić information content (AvgIpc) is 3.30. The van der Waals surface area contributed by atoms with Crippen LogP contribution in [0.2, 0.25) is 0 Å². The van der Waals surface area contributed by atoms with E-state index in [1.165, 1.54) is 24.3 Å². The van der Waals surface area contributed by atoms with Gasteiger partial charge in [-0.2, -0.15) is 0 Å². The van der Waals surface area contributed by atoms with Crippen LogP contribution in [0, 0.1) is 5.82 Å². The van der Waals surface area contributed by atoms with E-state index in [0.29, 0.717) is 11.1 Å². The van der Waals surface area contributed by atoms with Crippen LogP contribution in [0.1, 0.15) is 40.9 Å². The highest BCUT2D eigenvalue weighted by atomic mass is 19.1. The Morgan fingerprint density at radius 1 is 1.00 bits per heavy atom. The Bertz CT molecular complexity index is 1450. The van der Waals surface area contributed by atoms with E-state index in [9.17, 15) is 9.18 Å². The van der Waals surface area contributed by atoms with E-state index in [0.717, 1.165) is 27.8 Å². The number of halogens is 1. The van der Waals surface area contributed by atoms with Crippen LogP contribution in [0.15, 0.2) is 73.1 Å². The van der Waals surface area contributed by atoms with Crippen molar-refractivity contribution in [1.29, 1.82) is 0 Å². The van der Waals surface area contributed by atoms with Crippen LogP contribution in [0.3, 0.4) is 0 Å². The number of nitrogens with zero attached hydrogens (tertiary/aromatic N) is 3. The lowest BCUT2D eigenvalue weighted by Gasteiger charge is -2.47. The van der Waals surface area contributed by atoms with Crippen molar-refractivity contribution in [2.24, 2.45) is 0 Å². The molecule has 0 amide bonds. The summed E-state index contributed by atoms with van der Waals surface area (Å²) in [6, 6.07) is 17.8. The van der Waals surface area contributed by atoms with E-state index in [1.807, 2.05) is 36.7 Å². The van der Waals surface area contributed by atoms with Gasteiger partial charge in [-0.1, -0.05) is 32.1 Å². The molecule has 0 fully saturated rings. The molecule has 0 aliphatic carbocycles. The maximum absolute atomic E-state index is 13.3. The van der Waals surface area contributed by atoms with Crippen molar-refractivity contribution in [2.75, 3.05) is 11.9 Å². The van der Waals surface area contributed by atoms with Crippen LogP contribution in [-0.2, 0) is 11.1 Å². The van der Waals surface area contributed by atoms with E-state index in [1.54, 1.807) is 0 Å². The van der Waals surface area contributed by atoms with Crippen LogP contribution in [-0.4, -0.2) is 22.4 Å². The Labute approximate surface area is 185 Å². The molecule has 0 bridgehead atoms. The highest BCUT2D eigenvalue weighted by Gasteiger charge is 2.57. The monoisotopic (exact) mass is 423 g/mol. The van der Waals surface area contributed by atoms with Crippen LogP contribution in [0.25, 0.3) is 17.1 Å². The minimum Gasteiger partial charge on any atom is -0.347 e. The minimum atomic E-state index is -0.490. The van der Waals surface area contributed by atoms with E-state index in [2.05, 4.69) is 53.6 Å². The zero-order chi connectivity index (χ0) is 22.3. The molecule has 1 spiro atoms. The Balaban J connectivity index is 1.52. The van der Waals surface area contributed by atoms with Gasteiger partial charge in [0.1, 0.15) is 11.5 Å². The SMILES string of the molecule is CN1c2ccc(C(=O)c3ccc(F)cc3)cc2C(C)(C)C12C=Cc1cccc3ncn2c13. The van der Waals surface area contributed by atoms with Gasteiger partial charge in [0.25, 0.3) is 0 Å². The summed E-state index contributed by atoms with van der Waals surface area (Å²) in [4.78, 5) is 20.1. The molecule has 2 aliphatic rings. The van der Waals surface area contributed by atoms with Crippen LogP contribution >= 0.6 is 0 Å². The fourth-order valence-corrected chi connectivity index (χ4v) is 5.59. The number of hydrogen-bond acceptors (Lipinski definition) is 3. The smallest absolute Gasteiger partial charge is 0.193 e. The number of para-hydroxylation sites is 1. The van der Waals surface area contributed by atoms with Crippen LogP contribution < -0.4 is 4.90 Å². The molecule has 0 N–H and O–H groups in total. The molecule has 4 aromatic rings. The summed E-state index contributed by atoms with van der Waals surface area (Å²) in [5.74, 6) is -0.460. The van der Waals surface area contributed by atoms with Gasteiger partial charge in [0.2, 0.25) is 0 Å². The van der Waals surface area contributed by atoms with Gasteiger partial charge in [0, 0.05) is 34.8 Å². The molecule has 0 saturated heterocycles. The molecule has 3 aromatic carbocycles. The Morgan fingerprint density at radius 3 is 2.53 bits per heavy atom. The zero-order valence-corrected chi connectivity index (χ0v) is 18.1. The number of imidazole rings is 1. The lowest BCUT2D eigenvalue weighted by Crippen LogP contribution is -2.55. The fourth-order valence-electron chi connectivity index (χ4n) is 5.59. The predicted molar refractivity (Wildman–Crippen MR) is 124 cm³/mol. The molecular weight excluding hydrogens is 401 g/mol. The number of aromatic nitrogens is 2. The zero-order valence-electron chi connectivity index (χ0n) is 18.1. The predicted octanol–water partition coefficient (Wildman–Crippen LogP) is 5.51. The molecule has 5 heteroatoms. The quantitative estimate of drug-likeness (QED) is 0.399. The van der Waals surface area contributed by atoms with Crippen LogP contribution in [0.4, 0.5) is 10.1 Å². The highest BCUT2D eigenvalue weighted by Crippen LogP contribution is 2.56. The molecule has 3 heterocycles. The van der Waals surface area contributed by atoms with Gasteiger partial charge in [-0.3, -0.25) is 4.79 Å². The van der Waals surface area contributed by atoms with E-state index >= 15 is 0 Å². The maximum atomic E-state index is 13.3. The third kappa shape index (κ3) is 2.20. The van der Waals surface area contributed by atoms with E-state index in [-0.39, 0.29) is 17.0 Å². The lowest BCUT2D eigenvalue weighted by atomic mass is 9.73. The van der Waals surface area contributed by atoms with Crippen molar-refractivity contribution in [3.63, 3.8) is 0 Å². The molecule has 1 aromatic heterocycles. The summed E-state index contributed by atoms with van der Waals surface area (Å²) in [5, 5.41) is 0. The number of fused-ring (bicyclic) bond motifs is 2. The van der Waals surface area contributed by atoms with Crippen molar-refractivity contribution in [2.45, 2.75) is 24.9 Å². The number of carbonyl (C=O) groups excluding carboxylic acids is 1. The van der Waals surface area contributed by atoms with Crippen molar-refractivity contribution in [3.05, 3.63) is 101 Å². The standard InChI is InChI=1S/C27H22FN3O/c1-26(2)21-15-19(25(32)18-7-10-20(28)11-8-18)9-12-23(21)30(3)27(26)14-13-17-5-4-6-22-24(17)31(27)16-29-22/h4-16H,1-3H3. The first-order chi connectivity index (χ1) is 15.3. The second-order valence-electron chi connectivity index (χ2n) is 9.14. The molecule has 158 valence electrons. The summed E-state index contributed by atoms with van der Waals surface area (Å²) in [5.41, 5.74) is 5.65. The van der Waals surface area contributed by atoms with Gasteiger partial charge < -0.3 is 9.47 Å². The summed E-state index contributed by atoms with van der Waals surface area (Å²) in [6.07, 6.45) is 6.35. The Kier molecular flexibility index (Phi) is 3.66. The highest BCUT2D eigenvalue weighted by molar-refractivity contribution is 6.09. The second kappa shape index (κ2) is 6.16. The molecule has 6 rings (SSSR count). The minimum absolute atomic E-state index is 0.109. The van der Waals surface area contributed by atoms with E-state index < -0.39 is 5.66 Å². The summed E-state index contributed by atoms with van der Waals surface area (Å²) < 4.78 is 15.6. The molecular formula is C27H22FN3O. The number of hydrogen-bond donors (Lipinski definition) is 0. The third-order valence-electron chi connectivity index (χ3n) is 7.29. The number of ketones is 1. The molecule has 0 radical (unpaired) electrons. The molecule has 4 nitrogen and oxygen atoms in total. The molecule has 1 unspecified atom stereocenters. The number of anilines is 1. The molecule has 2 aliphatic heterocycles. The normalized spacial score (nSPS) is 20.2. The van der Waals surface area contributed by atoms with E-state index in [4.69, 9.17) is 0 Å². The van der Waals surface area contributed by atoms with Crippen molar-refractivity contribution < 1.29 is 9.18 Å². The first-order valence-electron chi connectivity index (χ1n) is 10.7. The summed E-state index contributed by atoms with van der Waals surface area (Å²) >= 11 is 0. The number of likely N-dealkylation sites (N-methyl/N-ethyl adjacent to an activating group) is 1. The molecule has 32 heavy (non-hydrogen) atoms. The average molecular weight is 423 g/mol. The van der Waals surface area contributed by atoms with Gasteiger partial charge in [-0.25, -0.2) is 9.37 Å². The number of benzene rings is 3. The van der Waals surface area contributed by atoms with Gasteiger partial charge in [-0.15, -0.1) is 0 Å². The summed E-state index contributed by atoms with van der Waals surface area (Å²) in [6.45, 7) is 4.43. The maximum Gasteiger partial charge on any atom is 0.193 e.